The van der Waals surface area contributed by atoms with Gasteiger partial charge in [0.2, 0.25) is 0 Å². The molecule has 0 bridgehead atoms. The summed E-state index contributed by atoms with van der Waals surface area (Å²) in [6, 6.07) is 6.30. The van der Waals surface area contributed by atoms with Gasteiger partial charge in [-0.1, -0.05) is 0 Å². The molecule has 0 amide bonds. The number of rotatable bonds is 3. The SMILES string of the molecule is Nc1ncc(-c2cnn([C@H]3CC[C@H](O)CC3)c2)c2cc(-c3cccn4cncc34)oc12.O=CO.O=CO. The van der Waals surface area contributed by atoms with Crippen LogP contribution in [0.3, 0.4) is 0 Å². The zero-order chi connectivity index (χ0) is 26.4. The number of nitrogens with zero attached hydrogens (tertiary/aromatic N) is 5. The number of furan rings is 1. The Morgan fingerprint density at radius 3 is 2.51 bits per heavy atom. The highest BCUT2D eigenvalue weighted by molar-refractivity contribution is 6.00. The van der Waals surface area contributed by atoms with Crippen molar-refractivity contribution >= 4 is 35.2 Å². The molecule has 0 aromatic carbocycles. The molecular weight excluding hydrogens is 480 g/mol. The average molecular weight is 507 g/mol. The van der Waals surface area contributed by atoms with Gasteiger partial charge in [-0.3, -0.25) is 14.3 Å². The first-order chi connectivity index (χ1) is 18.0. The van der Waals surface area contributed by atoms with Crippen LogP contribution in [0, 0.1) is 0 Å². The van der Waals surface area contributed by atoms with Gasteiger partial charge in [0.15, 0.2) is 11.4 Å². The fourth-order valence-corrected chi connectivity index (χ4v) is 4.56. The van der Waals surface area contributed by atoms with Crippen molar-refractivity contribution in [3.63, 3.8) is 0 Å². The largest absolute Gasteiger partial charge is 0.483 e. The second-order valence-electron chi connectivity index (χ2n) is 8.40. The summed E-state index contributed by atoms with van der Waals surface area (Å²) in [5, 5.41) is 29.1. The average Bonchev–Trinajstić information content (AvgIpc) is 3.65. The predicted molar refractivity (Wildman–Crippen MR) is 135 cm³/mol. The molecule has 5 aromatic rings. The smallest absolute Gasteiger partial charge is 0.290 e. The van der Waals surface area contributed by atoms with Crippen molar-refractivity contribution < 1.29 is 29.3 Å². The van der Waals surface area contributed by atoms with E-state index in [1.54, 1.807) is 12.5 Å². The van der Waals surface area contributed by atoms with E-state index in [1.165, 1.54) is 0 Å². The fraction of sp³-hybridized carbons (Fsp3) is 0.240. The van der Waals surface area contributed by atoms with E-state index in [1.807, 2.05) is 45.9 Å². The number of imidazole rings is 1. The number of hydrogen-bond acceptors (Lipinski definition) is 8. The van der Waals surface area contributed by atoms with Crippen LogP contribution in [0.5, 0.6) is 0 Å². The third kappa shape index (κ3) is 5.28. The molecule has 12 heteroatoms. The molecule has 5 heterocycles. The van der Waals surface area contributed by atoms with Crippen LogP contribution in [0.15, 0.2) is 59.9 Å². The molecule has 6 rings (SSSR count). The Balaban J connectivity index is 0.000000489. The topological polar surface area (TPSA) is 182 Å². The number of aromatic nitrogens is 5. The molecule has 5 aromatic heterocycles. The molecule has 0 aliphatic heterocycles. The van der Waals surface area contributed by atoms with Crippen LogP contribution in [-0.2, 0) is 9.59 Å². The standard InChI is InChI=1S/C23H22N6O2.2CH2O2/c24-23-22-18(8-21(31-22)17-2-1-7-28-13-25-11-20(17)28)19(10-26-23)14-9-27-29(12-14)15-3-5-16(30)6-4-15;2*2-1-3/h1-2,7-13,15-16,30H,3-6H2,(H2,24,26);2*1H,(H,2,3)/t15-,16-;;. The maximum Gasteiger partial charge on any atom is 0.290 e. The number of nitrogen functional groups attached to an aromatic ring is 1. The lowest BCUT2D eigenvalue weighted by molar-refractivity contribution is -0.123. The van der Waals surface area contributed by atoms with E-state index >= 15 is 0 Å². The Bertz CT molecular complexity index is 1490. The molecular formula is C25H26N6O6. The second-order valence-corrected chi connectivity index (χ2v) is 8.40. The molecule has 1 saturated carbocycles. The predicted octanol–water partition coefficient (Wildman–Crippen LogP) is 3.47. The number of aliphatic hydroxyl groups is 1. The van der Waals surface area contributed by atoms with E-state index < -0.39 is 0 Å². The van der Waals surface area contributed by atoms with E-state index in [9.17, 15) is 5.11 Å². The van der Waals surface area contributed by atoms with E-state index in [0.29, 0.717) is 17.4 Å². The first-order valence-corrected chi connectivity index (χ1v) is 11.5. The Kier molecular flexibility index (Phi) is 7.79. The van der Waals surface area contributed by atoms with Gasteiger partial charge in [-0.05, 0) is 43.9 Å². The highest BCUT2D eigenvalue weighted by Gasteiger charge is 2.22. The normalized spacial score (nSPS) is 16.9. The summed E-state index contributed by atoms with van der Waals surface area (Å²) < 4.78 is 10.1. The van der Waals surface area contributed by atoms with Crippen LogP contribution >= 0.6 is 0 Å². The Labute approximate surface area is 210 Å². The molecule has 1 fully saturated rings. The number of nitrogens with two attached hydrogens (primary N) is 1. The van der Waals surface area contributed by atoms with Gasteiger partial charge in [0.25, 0.3) is 12.9 Å². The number of fused-ring (bicyclic) bond motifs is 2. The summed E-state index contributed by atoms with van der Waals surface area (Å²) in [6.07, 6.45) is 14.6. The van der Waals surface area contributed by atoms with Crippen molar-refractivity contribution in [1.29, 1.82) is 0 Å². The zero-order valence-electron chi connectivity index (χ0n) is 19.7. The Hall–Kier alpha value is -4.71. The first-order valence-electron chi connectivity index (χ1n) is 11.5. The van der Waals surface area contributed by atoms with Gasteiger partial charge in [0, 0.05) is 40.7 Å². The summed E-state index contributed by atoms with van der Waals surface area (Å²) in [7, 11) is 0. The quantitative estimate of drug-likeness (QED) is 0.264. The van der Waals surface area contributed by atoms with Gasteiger partial charge in [-0.2, -0.15) is 5.10 Å². The molecule has 37 heavy (non-hydrogen) atoms. The number of carboxylic acid groups (broad SMARTS) is 2. The molecule has 1 aliphatic rings. The van der Waals surface area contributed by atoms with Crippen LogP contribution < -0.4 is 5.73 Å². The summed E-state index contributed by atoms with van der Waals surface area (Å²) in [6.45, 7) is -0.500. The second kappa shape index (κ2) is 11.4. The van der Waals surface area contributed by atoms with Crippen LogP contribution in [-0.4, -0.2) is 58.5 Å². The lowest BCUT2D eigenvalue weighted by atomic mass is 9.93. The summed E-state index contributed by atoms with van der Waals surface area (Å²) in [5.74, 6) is 1.08. The van der Waals surface area contributed by atoms with E-state index in [4.69, 9.17) is 30.0 Å². The molecule has 0 radical (unpaired) electrons. The van der Waals surface area contributed by atoms with Gasteiger partial charge in [-0.15, -0.1) is 0 Å². The maximum absolute atomic E-state index is 9.78. The molecule has 12 nitrogen and oxygen atoms in total. The summed E-state index contributed by atoms with van der Waals surface area (Å²) >= 11 is 0. The van der Waals surface area contributed by atoms with Gasteiger partial charge >= 0.3 is 0 Å². The monoisotopic (exact) mass is 506 g/mol. The molecule has 0 saturated heterocycles. The van der Waals surface area contributed by atoms with Crippen LogP contribution in [0.4, 0.5) is 5.82 Å². The summed E-state index contributed by atoms with van der Waals surface area (Å²) in [5.41, 5.74) is 10.5. The Morgan fingerprint density at radius 1 is 1.05 bits per heavy atom. The van der Waals surface area contributed by atoms with E-state index in [0.717, 1.165) is 59.0 Å². The van der Waals surface area contributed by atoms with Crippen molar-refractivity contribution in [3.05, 3.63) is 55.5 Å². The highest BCUT2D eigenvalue weighted by atomic mass is 16.4. The number of pyridine rings is 2. The minimum Gasteiger partial charge on any atom is -0.483 e. The lowest BCUT2D eigenvalue weighted by Crippen LogP contribution is -2.21. The van der Waals surface area contributed by atoms with Crippen molar-refractivity contribution in [1.82, 2.24) is 24.1 Å². The zero-order valence-corrected chi connectivity index (χ0v) is 19.7. The van der Waals surface area contributed by atoms with Gasteiger partial charge in [0.05, 0.1) is 36.4 Å². The van der Waals surface area contributed by atoms with Crippen molar-refractivity contribution in [2.45, 2.75) is 37.8 Å². The molecule has 5 N–H and O–H groups in total. The minimum absolute atomic E-state index is 0.184. The molecule has 1 aliphatic carbocycles. The van der Waals surface area contributed by atoms with Crippen molar-refractivity contribution in [2.24, 2.45) is 0 Å². The first kappa shape index (κ1) is 25.4. The van der Waals surface area contributed by atoms with Gasteiger partial charge in [0.1, 0.15) is 5.76 Å². The van der Waals surface area contributed by atoms with E-state index in [2.05, 4.69) is 21.3 Å². The molecule has 0 atom stereocenters. The highest BCUT2D eigenvalue weighted by Crippen LogP contribution is 2.38. The molecule has 0 spiro atoms. The molecule has 0 unspecified atom stereocenters. The maximum atomic E-state index is 9.78. The third-order valence-electron chi connectivity index (χ3n) is 6.26. The van der Waals surface area contributed by atoms with E-state index in [-0.39, 0.29) is 19.0 Å². The minimum atomic E-state index is -0.250. The Morgan fingerprint density at radius 2 is 1.78 bits per heavy atom. The van der Waals surface area contributed by atoms with Crippen LogP contribution in [0.1, 0.15) is 31.7 Å². The van der Waals surface area contributed by atoms with Crippen molar-refractivity contribution in [3.8, 4) is 22.5 Å². The van der Waals surface area contributed by atoms with Crippen molar-refractivity contribution in [2.75, 3.05) is 5.73 Å². The molecule has 192 valence electrons. The number of carbonyl (C=O) groups is 2. The third-order valence-corrected chi connectivity index (χ3v) is 6.26. The number of anilines is 1. The van der Waals surface area contributed by atoms with Crippen LogP contribution in [0.25, 0.3) is 38.9 Å². The number of aliphatic hydroxyl groups excluding tert-OH is 1. The number of hydrogen-bond donors (Lipinski definition) is 4. The van der Waals surface area contributed by atoms with Gasteiger partial charge in [-0.25, -0.2) is 9.97 Å². The summed E-state index contributed by atoms with van der Waals surface area (Å²) in [4.78, 5) is 25.3. The fourth-order valence-electron chi connectivity index (χ4n) is 4.56. The van der Waals surface area contributed by atoms with Gasteiger partial charge < -0.3 is 29.9 Å². The van der Waals surface area contributed by atoms with Crippen LogP contribution in [0.2, 0.25) is 0 Å². The lowest BCUT2D eigenvalue weighted by Gasteiger charge is -2.25.